The molecule has 0 saturated carbocycles. The molecule has 0 radical (unpaired) electrons. The number of phenols is 1. The minimum atomic E-state index is -0.719. The third-order valence-electron chi connectivity index (χ3n) is 6.39. The Balaban J connectivity index is 1.64. The van der Waals surface area contributed by atoms with Gasteiger partial charge < -0.3 is 29.6 Å². The minimum absolute atomic E-state index is 0.0168. The second kappa shape index (κ2) is 8.63. The van der Waals surface area contributed by atoms with Gasteiger partial charge in [-0.05, 0) is 56.5 Å². The van der Waals surface area contributed by atoms with Crippen molar-refractivity contribution in [2.75, 3.05) is 26.7 Å². The first-order valence-corrected chi connectivity index (χ1v) is 10.6. The van der Waals surface area contributed by atoms with E-state index in [4.69, 9.17) is 9.15 Å². The van der Waals surface area contributed by atoms with Crippen LogP contribution in [0.15, 0.2) is 33.5 Å². The molecule has 0 aliphatic carbocycles. The summed E-state index contributed by atoms with van der Waals surface area (Å²) in [5, 5.41) is 23.5. The molecule has 2 unspecified atom stereocenters. The van der Waals surface area contributed by atoms with E-state index in [1.807, 2.05) is 0 Å². The van der Waals surface area contributed by atoms with Crippen molar-refractivity contribution in [2.24, 2.45) is 5.92 Å². The van der Waals surface area contributed by atoms with Crippen LogP contribution < -0.4 is 15.5 Å². The van der Waals surface area contributed by atoms with Gasteiger partial charge in [0.1, 0.15) is 5.76 Å². The van der Waals surface area contributed by atoms with Gasteiger partial charge in [0.25, 0.3) is 0 Å². The second-order valence-electron chi connectivity index (χ2n) is 8.43. The summed E-state index contributed by atoms with van der Waals surface area (Å²) >= 11 is 0. The molecule has 166 valence electrons. The molecule has 3 saturated heterocycles. The Morgan fingerprint density at radius 3 is 2.68 bits per heavy atom. The van der Waals surface area contributed by atoms with Crippen molar-refractivity contribution in [2.45, 2.75) is 38.1 Å². The number of carbonyl (C=O) groups excluding carboxylic acids is 1. The van der Waals surface area contributed by atoms with Crippen LogP contribution in [-0.2, 0) is 4.79 Å². The lowest BCUT2D eigenvalue weighted by molar-refractivity contribution is -0.123. The van der Waals surface area contributed by atoms with Crippen LogP contribution in [0, 0.1) is 12.8 Å². The summed E-state index contributed by atoms with van der Waals surface area (Å²) in [6.07, 6.45) is 2.14. The Bertz CT molecular complexity index is 1030. The number of methoxy groups -OCH3 is 1. The maximum absolute atomic E-state index is 13.0. The first-order chi connectivity index (χ1) is 14.9. The van der Waals surface area contributed by atoms with Gasteiger partial charge in [0, 0.05) is 25.1 Å². The van der Waals surface area contributed by atoms with Crippen molar-refractivity contribution in [3.63, 3.8) is 0 Å². The van der Waals surface area contributed by atoms with Gasteiger partial charge in [0.2, 0.25) is 17.1 Å². The molecule has 31 heavy (non-hydrogen) atoms. The Labute approximate surface area is 180 Å². The maximum atomic E-state index is 13.0. The number of aryl methyl sites for hydroxylation is 1. The van der Waals surface area contributed by atoms with Gasteiger partial charge in [-0.15, -0.1) is 0 Å². The van der Waals surface area contributed by atoms with Gasteiger partial charge in [-0.3, -0.25) is 9.59 Å². The van der Waals surface area contributed by atoms with Crippen molar-refractivity contribution in [1.29, 1.82) is 0 Å². The van der Waals surface area contributed by atoms with Crippen LogP contribution in [-0.4, -0.2) is 53.8 Å². The molecule has 3 N–H and O–H groups in total. The van der Waals surface area contributed by atoms with E-state index in [1.54, 1.807) is 19.1 Å². The Morgan fingerprint density at radius 2 is 2.03 bits per heavy atom. The summed E-state index contributed by atoms with van der Waals surface area (Å²) in [5.74, 6) is -0.383. The summed E-state index contributed by atoms with van der Waals surface area (Å²) in [4.78, 5) is 27.6. The molecule has 2 aromatic rings. The molecular weight excluding hydrogens is 400 g/mol. The second-order valence-corrected chi connectivity index (χ2v) is 8.43. The number of nitrogens with zero attached hydrogens (tertiary/aromatic N) is 1. The lowest BCUT2D eigenvalue weighted by Gasteiger charge is -2.45. The topological polar surface area (TPSA) is 112 Å². The van der Waals surface area contributed by atoms with Crippen molar-refractivity contribution in [1.82, 2.24) is 10.2 Å². The molecule has 1 aromatic carbocycles. The number of benzene rings is 1. The predicted octanol–water partition coefficient (Wildman–Crippen LogP) is 2.10. The van der Waals surface area contributed by atoms with Crippen molar-refractivity contribution >= 4 is 5.91 Å². The summed E-state index contributed by atoms with van der Waals surface area (Å²) in [7, 11) is 1.43. The highest BCUT2D eigenvalue weighted by Gasteiger charge is 2.35. The number of ether oxygens (including phenoxy) is 1. The molecule has 1 aromatic heterocycles. The van der Waals surface area contributed by atoms with Crippen LogP contribution in [0.25, 0.3) is 0 Å². The molecule has 3 fully saturated rings. The van der Waals surface area contributed by atoms with E-state index < -0.39 is 17.1 Å². The molecule has 0 spiro atoms. The molecule has 8 heteroatoms. The van der Waals surface area contributed by atoms with Gasteiger partial charge in [0.15, 0.2) is 17.3 Å². The molecular formula is C23H28N2O6. The quantitative estimate of drug-likeness (QED) is 0.646. The normalized spacial score (nSPS) is 23.4. The van der Waals surface area contributed by atoms with Gasteiger partial charge in [-0.1, -0.05) is 6.07 Å². The van der Waals surface area contributed by atoms with E-state index in [0.29, 0.717) is 17.2 Å². The highest BCUT2D eigenvalue weighted by molar-refractivity contribution is 5.78. The number of fused-ring (bicyclic) bond motifs is 3. The standard InChI is InChI=1S/C23H28N2O6/c1-13-9-19(27)22(29)23(31-13)16(15-3-4-18(26)20(10-15)30-2)11-21(28)24-17-12-25-7-5-14(17)6-8-25/h3-4,9-10,14,16-17,26,29H,5-8,11-12H2,1-2H3,(H,24,28). The van der Waals surface area contributed by atoms with Gasteiger partial charge in [-0.2, -0.15) is 0 Å². The van der Waals surface area contributed by atoms with Crippen molar-refractivity contribution < 1.29 is 24.2 Å². The number of aromatic hydroxyl groups is 2. The molecule has 1 amide bonds. The van der Waals surface area contributed by atoms with Gasteiger partial charge in [0.05, 0.1) is 13.0 Å². The highest BCUT2D eigenvalue weighted by Crippen LogP contribution is 2.37. The summed E-state index contributed by atoms with van der Waals surface area (Å²) < 4.78 is 10.9. The van der Waals surface area contributed by atoms with Gasteiger partial charge in [-0.25, -0.2) is 0 Å². The number of nitrogens with one attached hydrogen (secondary N) is 1. The molecule has 2 bridgehead atoms. The molecule has 3 aliphatic rings. The van der Waals surface area contributed by atoms with E-state index in [1.165, 1.54) is 19.2 Å². The summed E-state index contributed by atoms with van der Waals surface area (Å²) in [6, 6.07) is 5.98. The van der Waals surface area contributed by atoms with E-state index in [9.17, 15) is 19.8 Å². The molecule has 8 nitrogen and oxygen atoms in total. The number of carbonyl (C=O) groups is 1. The van der Waals surface area contributed by atoms with E-state index in [2.05, 4.69) is 10.2 Å². The summed E-state index contributed by atoms with van der Waals surface area (Å²) in [5.41, 5.74) is 0.0232. The number of amides is 1. The van der Waals surface area contributed by atoms with E-state index in [0.717, 1.165) is 32.5 Å². The molecule has 2 atom stereocenters. The van der Waals surface area contributed by atoms with Crippen LogP contribution in [0.2, 0.25) is 0 Å². The third-order valence-corrected chi connectivity index (χ3v) is 6.39. The fraction of sp³-hybridized carbons (Fsp3) is 0.478. The van der Waals surface area contributed by atoms with Crippen LogP contribution in [0.3, 0.4) is 0 Å². The monoisotopic (exact) mass is 428 g/mol. The lowest BCUT2D eigenvalue weighted by atomic mass is 9.83. The third kappa shape index (κ3) is 4.39. The number of phenolic OH excluding ortho intramolecular Hbond substituents is 1. The number of hydrogen-bond donors (Lipinski definition) is 3. The summed E-state index contributed by atoms with van der Waals surface area (Å²) in [6.45, 7) is 4.62. The number of hydrogen-bond acceptors (Lipinski definition) is 7. The molecule has 5 rings (SSSR count). The van der Waals surface area contributed by atoms with E-state index >= 15 is 0 Å². The van der Waals surface area contributed by atoms with Crippen molar-refractivity contribution in [3.05, 3.63) is 51.6 Å². The van der Waals surface area contributed by atoms with Crippen molar-refractivity contribution in [3.8, 4) is 17.2 Å². The zero-order chi connectivity index (χ0) is 22.1. The average molecular weight is 428 g/mol. The maximum Gasteiger partial charge on any atom is 0.227 e. The van der Waals surface area contributed by atoms with Crippen LogP contribution in [0.4, 0.5) is 0 Å². The predicted molar refractivity (Wildman–Crippen MR) is 114 cm³/mol. The lowest BCUT2D eigenvalue weighted by Crippen LogP contribution is -2.57. The average Bonchev–Trinajstić information content (AvgIpc) is 2.76. The van der Waals surface area contributed by atoms with Crippen LogP contribution >= 0.6 is 0 Å². The Kier molecular flexibility index (Phi) is 5.91. The Morgan fingerprint density at radius 1 is 1.29 bits per heavy atom. The molecule has 3 aliphatic heterocycles. The fourth-order valence-corrected chi connectivity index (χ4v) is 4.71. The van der Waals surface area contributed by atoms with Gasteiger partial charge >= 0.3 is 0 Å². The van der Waals surface area contributed by atoms with E-state index in [-0.39, 0.29) is 35.6 Å². The van der Waals surface area contributed by atoms with Crippen LogP contribution in [0.1, 0.15) is 42.3 Å². The zero-order valence-corrected chi connectivity index (χ0v) is 17.8. The first-order valence-electron chi connectivity index (χ1n) is 10.6. The number of piperidine rings is 3. The zero-order valence-electron chi connectivity index (χ0n) is 17.8. The minimum Gasteiger partial charge on any atom is -0.504 e. The SMILES string of the molecule is COc1cc(C(CC(=O)NC2CN3CCC2CC3)c2oc(C)cc(=O)c2O)ccc1O. The molecule has 4 heterocycles. The Hall–Kier alpha value is -3.00. The smallest absolute Gasteiger partial charge is 0.227 e. The highest BCUT2D eigenvalue weighted by atomic mass is 16.5. The fourth-order valence-electron chi connectivity index (χ4n) is 4.71. The number of rotatable bonds is 6. The van der Waals surface area contributed by atoms with Crippen LogP contribution in [0.5, 0.6) is 17.2 Å². The first kappa shape index (κ1) is 21.2. The largest absolute Gasteiger partial charge is 0.504 e.